The van der Waals surface area contributed by atoms with Crippen LogP contribution >= 0.6 is 0 Å². The first kappa shape index (κ1) is 16.6. The highest BCUT2D eigenvalue weighted by Gasteiger charge is 2.32. The van der Waals surface area contributed by atoms with Crippen LogP contribution in [0, 0.1) is 0 Å². The zero-order valence-corrected chi connectivity index (χ0v) is 13.7. The molecule has 1 atom stereocenters. The van der Waals surface area contributed by atoms with Crippen molar-refractivity contribution in [2.75, 3.05) is 32.2 Å². The van der Waals surface area contributed by atoms with E-state index in [1.165, 1.54) is 4.90 Å². The number of nitrogens with zero attached hydrogens (tertiary/aromatic N) is 1. The van der Waals surface area contributed by atoms with Crippen molar-refractivity contribution in [1.82, 2.24) is 10.2 Å². The molecule has 0 aliphatic carbocycles. The number of benzene rings is 1. The molecule has 0 spiro atoms. The Morgan fingerprint density at radius 2 is 2.23 bits per heavy atom. The summed E-state index contributed by atoms with van der Waals surface area (Å²) in [5.41, 5.74) is 1.07. The first-order valence-electron chi connectivity index (χ1n) is 7.25. The van der Waals surface area contributed by atoms with Gasteiger partial charge in [0.1, 0.15) is 5.75 Å². The Balaban J connectivity index is 1.80. The van der Waals surface area contributed by atoms with Gasteiger partial charge in [0, 0.05) is 19.6 Å². The Bertz CT molecular complexity index is 630. The Morgan fingerprint density at radius 1 is 1.45 bits per heavy atom. The number of carbonyl (C=O) groups is 1. The Labute approximate surface area is 131 Å². The molecule has 1 unspecified atom stereocenters. The van der Waals surface area contributed by atoms with E-state index in [0.717, 1.165) is 11.3 Å². The van der Waals surface area contributed by atoms with E-state index in [0.29, 0.717) is 19.4 Å². The van der Waals surface area contributed by atoms with E-state index in [1.807, 2.05) is 24.3 Å². The number of carbonyl (C=O) groups excluding carboxylic acids is 1. The van der Waals surface area contributed by atoms with Gasteiger partial charge in [-0.3, -0.25) is 0 Å². The molecular formula is C15H22N2O4S. The second-order valence-electron chi connectivity index (χ2n) is 5.50. The van der Waals surface area contributed by atoms with Crippen molar-refractivity contribution in [2.24, 2.45) is 0 Å². The predicted octanol–water partition coefficient (Wildman–Crippen LogP) is 1.07. The minimum absolute atomic E-state index is 0.0623. The van der Waals surface area contributed by atoms with Crippen LogP contribution in [0.5, 0.6) is 5.75 Å². The van der Waals surface area contributed by atoms with Crippen LogP contribution < -0.4 is 10.1 Å². The number of urea groups is 1. The lowest BCUT2D eigenvalue weighted by atomic mass is 10.1. The second kappa shape index (κ2) is 7.00. The predicted molar refractivity (Wildman–Crippen MR) is 84.9 cm³/mol. The third kappa shape index (κ3) is 4.37. The fourth-order valence-electron chi connectivity index (χ4n) is 2.51. The monoisotopic (exact) mass is 326 g/mol. The van der Waals surface area contributed by atoms with Crippen molar-refractivity contribution in [3.8, 4) is 5.75 Å². The number of amides is 2. The van der Waals surface area contributed by atoms with Crippen molar-refractivity contribution < 1.29 is 17.9 Å². The lowest BCUT2D eigenvalue weighted by Crippen LogP contribution is -2.44. The molecule has 1 heterocycles. The molecule has 1 aliphatic rings. The smallest absolute Gasteiger partial charge is 0.317 e. The molecule has 2 amide bonds. The van der Waals surface area contributed by atoms with E-state index in [-0.39, 0.29) is 23.6 Å². The molecule has 0 radical (unpaired) electrons. The van der Waals surface area contributed by atoms with Crippen LogP contribution in [0.4, 0.5) is 4.79 Å². The van der Waals surface area contributed by atoms with E-state index in [2.05, 4.69) is 5.32 Å². The molecule has 6 nitrogen and oxygen atoms in total. The summed E-state index contributed by atoms with van der Waals surface area (Å²) in [5, 5.41) is 2.82. The van der Waals surface area contributed by atoms with Gasteiger partial charge in [-0.2, -0.15) is 0 Å². The topological polar surface area (TPSA) is 75.7 Å². The number of ether oxygens (including phenoxy) is 1. The Kier molecular flexibility index (Phi) is 5.28. The summed E-state index contributed by atoms with van der Waals surface area (Å²) in [6, 6.07) is 7.23. The van der Waals surface area contributed by atoms with E-state index in [4.69, 9.17) is 4.74 Å². The first-order valence-corrected chi connectivity index (χ1v) is 9.07. The summed E-state index contributed by atoms with van der Waals surface area (Å²) in [6.07, 6.45) is 1.21. The molecule has 1 fully saturated rings. The van der Waals surface area contributed by atoms with Crippen LogP contribution in [0.3, 0.4) is 0 Å². The van der Waals surface area contributed by atoms with E-state index in [9.17, 15) is 13.2 Å². The zero-order chi connectivity index (χ0) is 16.2. The van der Waals surface area contributed by atoms with Crippen molar-refractivity contribution in [3.05, 3.63) is 29.8 Å². The van der Waals surface area contributed by atoms with E-state index < -0.39 is 9.84 Å². The normalized spacial score (nSPS) is 19.6. The quantitative estimate of drug-likeness (QED) is 0.878. The maximum Gasteiger partial charge on any atom is 0.317 e. The summed E-state index contributed by atoms with van der Waals surface area (Å²) in [4.78, 5) is 13.5. The summed E-state index contributed by atoms with van der Waals surface area (Å²) >= 11 is 0. The highest BCUT2D eigenvalue weighted by Crippen LogP contribution is 2.16. The highest BCUT2D eigenvalue weighted by molar-refractivity contribution is 7.91. The van der Waals surface area contributed by atoms with Gasteiger partial charge in [-0.15, -0.1) is 0 Å². The molecule has 1 N–H and O–H groups in total. The van der Waals surface area contributed by atoms with Crippen molar-refractivity contribution in [3.63, 3.8) is 0 Å². The molecule has 7 heteroatoms. The fraction of sp³-hybridized carbons (Fsp3) is 0.533. The maximum absolute atomic E-state index is 12.0. The number of sulfone groups is 1. The number of hydrogen-bond donors (Lipinski definition) is 1. The van der Waals surface area contributed by atoms with Gasteiger partial charge in [0.15, 0.2) is 9.84 Å². The van der Waals surface area contributed by atoms with Gasteiger partial charge in [-0.25, -0.2) is 13.2 Å². The van der Waals surface area contributed by atoms with Gasteiger partial charge in [-0.1, -0.05) is 12.1 Å². The molecule has 1 aliphatic heterocycles. The van der Waals surface area contributed by atoms with Crippen LogP contribution in [-0.2, 0) is 16.3 Å². The molecule has 1 aromatic carbocycles. The molecule has 122 valence electrons. The average molecular weight is 326 g/mol. The number of rotatable bonds is 5. The van der Waals surface area contributed by atoms with Crippen LogP contribution in [0.1, 0.15) is 12.0 Å². The molecular weight excluding hydrogens is 304 g/mol. The minimum Gasteiger partial charge on any atom is -0.497 e. The lowest BCUT2D eigenvalue weighted by molar-refractivity contribution is 0.195. The average Bonchev–Trinajstić information content (AvgIpc) is 2.86. The molecule has 0 bridgehead atoms. The van der Waals surface area contributed by atoms with Gasteiger partial charge < -0.3 is 15.0 Å². The van der Waals surface area contributed by atoms with Crippen LogP contribution in [-0.4, -0.2) is 57.6 Å². The molecule has 1 saturated heterocycles. The van der Waals surface area contributed by atoms with Crippen molar-refractivity contribution in [1.29, 1.82) is 0 Å². The van der Waals surface area contributed by atoms with Gasteiger partial charge >= 0.3 is 6.03 Å². The summed E-state index contributed by atoms with van der Waals surface area (Å²) in [5.74, 6) is 1.02. The SMILES string of the molecule is COc1cccc(CCNC(=O)N(C)C2CCS(=O)(=O)C2)c1. The van der Waals surface area contributed by atoms with Gasteiger partial charge in [0.25, 0.3) is 0 Å². The molecule has 0 aromatic heterocycles. The summed E-state index contributed by atoms with van der Waals surface area (Å²) in [7, 11) is 0.281. The van der Waals surface area contributed by atoms with Crippen molar-refractivity contribution in [2.45, 2.75) is 18.9 Å². The van der Waals surface area contributed by atoms with Crippen LogP contribution in [0.25, 0.3) is 0 Å². The Morgan fingerprint density at radius 3 is 2.86 bits per heavy atom. The number of hydrogen-bond acceptors (Lipinski definition) is 4. The van der Waals surface area contributed by atoms with E-state index in [1.54, 1.807) is 14.2 Å². The molecule has 1 aromatic rings. The minimum atomic E-state index is -2.98. The summed E-state index contributed by atoms with van der Waals surface area (Å²) in [6.45, 7) is 0.496. The number of nitrogens with one attached hydrogen (secondary N) is 1. The second-order valence-corrected chi connectivity index (χ2v) is 7.73. The van der Waals surface area contributed by atoms with Crippen LogP contribution in [0.15, 0.2) is 24.3 Å². The molecule has 0 saturated carbocycles. The standard InChI is InChI=1S/C15H22N2O4S/c1-17(13-7-9-22(19,20)11-13)15(18)16-8-6-12-4-3-5-14(10-12)21-2/h3-5,10,13H,6-9,11H2,1-2H3,(H,16,18). The lowest BCUT2D eigenvalue weighted by Gasteiger charge is -2.23. The van der Waals surface area contributed by atoms with Gasteiger partial charge in [0.2, 0.25) is 0 Å². The maximum atomic E-state index is 12.0. The first-order chi connectivity index (χ1) is 10.4. The number of methoxy groups -OCH3 is 1. The third-order valence-corrected chi connectivity index (χ3v) is 5.65. The fourth-order valence-corrected chi connectivity index (χ4v) is 4.29. The molecule has 2 rings (SSSR count). The third-order valence-electron chi connectivity index (χ3n) is 3.90. The van der Waals surface area contributed by atoms with Crippen molar-refractivity contribution >= 4 is 15.9 Å². The van der Waals surface area contributed by atoms with Gasteiger partial charge in [0.05, 0.1) is 18.6 Å². The van der Waals surface area contributed by atoms with Gasteiger partial charge in [-0.05, 0) is 30.5 Å². The Hall–Kier alpha value is -1.76. The molecule has 22 heavy (non-hydrogen) atoms. The zero-order valence-electron chi connectivity index (χ0n) is 12.9. The van der Waals surface area contributed by atoms with E-state index >= 15 is 0 Å². The van der Waals surface area contributed by atoms with Crippen LogP contribution in [0.2, 0.25) is 0 Å². The largest absolute Gasteiger partial charge is 0.497 e. The summed E-state index contributed by atoms with van der Waals surface area (Å²) < 4.78 is 28.1. The highest BCUT2D eigenvalue weighted by atomic mass is 32.2.